The van der Waals surface area contributed by atoms with E-state index >= 15 is 0 Å². The highest BCUT2D eigenvalue weighted by Gasteiger charge is 2.02. The van der Waals surface area contributed by atoms with Gasteiger partial charge in [0.15, 0.2) is 0 Å². The van der Waals surface area contributed by atoms with Crippen molar-refractivity contribution in [2.24, 2.45) is 0 Å². The van der Waals surface area contributed by atoms with Gasteiger partial charge < -0.3 is 0 Å². The van der Waals surface area contributed by atoms with Crippen molar-refractivity contribution in [3.8, 4) is 0 Å². The summed E-state index contributed by atoms with van der Waals surface area (Å²) in [6, 6.07) is 0. The monoisotopic (exact) mass is 125 g/mol. The lowest BCUT2D eigenvalue weighted by Crippen LogP contribution is -1.87. The number of nitrogens with zero attached hydrogens (tertiary/aromatic N) is 2. The Balaban J connectivity index is 2.80. The zero-order valence-corrected chi connectivity index (χ0v) is 4.92. The molecule has 4 heteroatoms. The predicted molar refractivity (Wildman–Crippen MR) is 28.4 cm³/mol. The van der Waals surface area contributed by atoms with Gasteiger partial charge in [0.2, 0.25) is 6.29 Å². The molecule has 1 radical (unpaired) electrons. The van der Waals surface area contributed by atoms with Gasteiger partial charge in [0, 0.05) is 0 Å². The molecule has 0 unspecified atom stereocenters. The van der Waals surface area contributed by atoms with Crippen LogP contribution in [0.5, 0.6) is 0 Å². The van der Waals surface area contributed by atoms with Crippen LogP contribution in [0.25, 0.3) is 0 Å². The zero-order valence-electron chi connectivity index (χ0n) is 4.92. The Labute approximate surface area is 51.8 Å². The summed E-state index contributed by atoms with van der Waals surface area (Å²) in [5.41, 5.74) is 1.21. The van der Waals surface area contributed by atoms with E-state index in [4.69, 9.17) is 0 Å². The summed E-state index contributed by atoms with van der Waals surface area (Å²) >= 11 is 0. The lowest BCUT2D eigenvalue weighted by Gasteiger charge is -1.78. The largest absolute Gasteiger partial charge is 0.290 e. The van der Waals surface area contributed by atoms with Crippen molar-refractivity contribution >= 4 is 6.29 Å². The first-order valence-corrected chi connectivity index (χ1v) is 2.47. The summed E-state index contributed by atoms with van der Waals surface area (Å²) in [5, 5.41) is 6.93. The molecule has 0 spiro atoms. The van der Waals surface area contributed by atoms with Gasteiger partial charge in [-0.3, -0.25) is 4.79 Å². The van der Waals surface area contributed by atoms with Crippen LogP contribution in [0.3, 0.4) is 0 Å². The molecular weight excluding hydrogens is 120 g/mol. The Morgan fingerprint density at radius 2 is 2.44 bits per heavy atom. The third kappa shape index (κ3) is 1.13. The maximum absolute atomic E-state index is 9.79. The molecule has 0 fully saturated rings. The molecule has 1 aromatic heterocycles. The fourth-order valence-corrected chi connectivity index (χ4v) is 0.478. The molecule has 47 valence electrons. The Morgan fingerprint density at radius 1 is 1.67 bits per heavy atom. The van der Waals surface area contributed by atoms with Gasteiger partial charge in [-0.1, -0.05) is 10.3 Å². The first-order chi connectivity index (χ1) is 4.34. The first kappa shape index (κ1) is 5.94. The van der Waals surface area contributed by atoms with Crippen molar-refractivity contribution in [1.82, 2.24) is 10.3 Å². The molecule has 0 N–H and O–H groups in total. The highest BCUT2D eigenvalue weighted by atomic mass is 16.6. The van der Waals surface area contributed by atoms with Crippen molar-refractivity contribution in [1.29, 1.82) is 0 Å². The number of rotatable bonds is 2. The number of hydrogen-bond donors (Lipinski definition) is 0. The standard InChI is InChI=1S/C5H5N2O2/c1-4-5(2-3-8)7-9-6-4/h2H2,1H3. The molecule has 1 aromatic rings. The number of carbonyl (C=O) groups excluding carboxylic acids is 1. The van der Waals surface area contributed by atoms with Gasteiger partial charge in [-0.2, -0.15) is 0 Å². The van der Waals surface area contributed by atoms with Crippen molar-refractivity contribution in [2.45, 2.75) is 13.3 Å². The van der Waals surface area contributed by atoms with Crippen LogP contribution in [-0.4, -0.2) is 16.6 Å². The van der Waals surface area contributed by atoms with E-state index in [0.717, 1.165) is 0 Å². The number of aryl methyl sites for hydroxylation is 1. The highest BCUT2D eigenvalue weighted by Crippen LogP contribution is 1.98. The summed E-state index contributed by atoms with van der Waals surface area (Å²) in [6.45, 7) is 1.73. The maximum atomic E-state index is 9.79. The van der Waals surface area contributed by atoms with E-state index in [0.29, 0.717) is 11.4 Å². The summed E-state index contributed by atoms with van der Waals surface area (Å²) < 4.78 is 4.32. The second-order valence-electron chi connectivity index (χ2n) is 1.62. The zero-order chi connectivity index (χ0) is 6.69. The van der Waals surface area contributed by atoms with Crippen molar-refractivity contribution in [3.05, 3.63) is 11.4 Å². The first-order valence-electron chi connectivity index (χ1n) is 2.47. The van der Waals surface area contributed by atoms with Crippen molar-refractivity contribution in [2.75, 3.05) is 0 Å². The minimum atomic E-state index is 0.162. The number of aromatic nitrogens is 2. The third-order valence-electron chi connectivity index (χ3n) is 0.986. The van der Waals surface area contributed by atoms with E-state index in [-0.39, 0.29) is 6.42 Å². The molecule has 9 heavy (non-hydrogen) atoms. The minimum absolute atomic E-state index is 0.162. The minimum Gasteiger partial charge on any atom is -0.290 e. The molecule has 0 aromatic carbocycles. The van der Waals surface area contributed by atoms with Crippen LogP contribution in [0, 0.1) is 6.92 Å². The molecule has 0 bridgehead atoms. The van der Waals surface area contributed by atoms with Crippen LogP contribution in [0.2, 0.25) is 0 Å². The topological polar surface area (TPSA) is 56.0 Å². The number of hydrogen-bond acceptors (Lipinski definition) is 4. The molecular formula is C5H5N2O2. The normalized spacial score (nSPS) is 9.44. The molecule has 0 amide bonds. The van der Waals surface area contributed by atoms with Crippen LogP contribution in [0.15, 0.2) is 4.63 Å². The van der Waals surface area contributed by atoms with E-state index < -0.39 is 0 Å². The van der Waals surface area contributed by atoms with Gasteiger partial charge in [0.1, 0.15) is 11.4 Å². The molecule has 4 nitrogen and oxygen atoms in total. The van der Waals surface area contributed by atoms with Crippen molar-refractivity contribution in [3.63, 3.8) is 0 Å². The average Bonchev–Trinajstić information content (AvgIpc) is 2.18. The van der Waals surface area contributed by atoms with Crippen molar-refractivity contribution < 1.29 is 9.42 Å². The Morgan fingerprint density at radius 3 is 2.89 bits per heavy atom. The molecule has 0 aliphatic rings. The molecule has 0 aliphatic carbocycles. The fourth-order valence-electron chi connectivity index (χ4n) is 0.478. The average molecular weight is 125 g/mol. The van der Waals surface area contributed by atoms with Crippen LogP contribution in [0.4, 0.5) is 0 Å². The van der Waals surface area contributed by atoms with Crippen LogP contribution in [0.1, 0.15) is 11.4 Å². The molecule has 0 saturated carbocycles. The van der Waals surface area contributed by atoms with Gasteiger partial charge in [-0.05, 0) is 6.92 Å². The second kappa shape index (κ2) is 2.39. The predicted octanol–water partition coefficient (Wildman–Crippen LogP) is 0.0302. The van der Waals surface area contributed by atoms with Gasteiger partial charge in [-0.25, -0.2) is 4.63 Å². The molecule has 0 saturated heterocycles. The quantitative estimate of drug-likeness (QED) is 0.559. The Hall–Kier alpha value is -1.19. The van der Waals surface area contributed by atoms with E-state index in [1.807, 2.05) is 0 Å². The Kier molecular flexibility index (Phi) is 1.58. The van der Waals surface area contributed by atoms with Gasteiger partial charge >= 0.3 is 0 Å². The van der Waals surface area contributed by atoms with Gasteiger partial charge in [-0.15, -0.1) is 0 Å². The van der Waals surface area contributed by atoms with E-state index in [1.165, 1.54) is 0 Å². The highest BCUT2D eigenvalue weighted by molar-refractivity contribution is 5.54. The van der Waals surface area contributed by atoms with Crippen LogP contribution >= 0.6 is 0 Å². The summed E-state index contributed by atoms with van der Waals surface area (Å²) in [6.07, 6.45) is 1.86. The lowest BCUT2D eigenvalue weighted by molar-refractivity contribution is 0.302. The van der Waals surface area contributed by atoms with Gasteiger partial charge in [0.25, 0.3) is 0 Å². The van der Waals surface area contributed by atoms with Crippen LogP contribution < -0.4 is 0 Å². The molecule has 1 heterocycles. The lowest BCUT2D eigenvalue weighted by atomic mass is 10.3. The SMILES string of the molecule is Cc1nonc1C[C]=O. The van der Waals surface area contributed by atoms with E-state index in [2.05, 4.69) is 14.9 Å². The summed E-state index contributed by atoms with van der Waals surface area (Å²) in [7, 11) is 0. The fraction of sp³-hybridized carbons (Fsp3) is 0.400. The Bertz CT molecular complexity index is 206. The second-order valence-corrected chi connectivity index (χ2v) is 1.62. The molecule has 1 rings (SSSR count). The maximum Gasteiger partial charge on any atom is 0.204 e. The third-order valence-corrected chi connectivity index (χ3v) is 0.986. The van der Waals surface area contributed by atoms with E-state index in [9.17, 15) is 4.79 Å². The van der Waals surface area contributed by atoms with E-state index in [1.54, 1.807) is 13.2 Å². The smallest absolute Gasteiger partial charge is 0.204 e. The molecule has 0 aliphatic heterocycles. The van der Waals surface area contributed by atoms with Gasteiger partial charge in [0.05, 0.1) is 6.42 Å². The van der Waals surface area contributed by atoms with Crippen LogP contribution in [-0.2, 0) is 11.2 Å². The summed E-state index contributed by atoms with van der Waals surface area (Å²) in [5.74, 6) is 0. The molecule has 0 atom stereocenters. The summed E-state index contributed by atoms with van der Waals surface area (Å²) in [4.78, 5) is 9.79.